The Labute approximate surface area is 146 Å². The SMILES string of the molecule is Cc1cc(N2CCN(C(=O)/C=C/c3ccc(Cl)cc3)CC2)ncn1. The second-order valence-electron chi connectivity index (χ2n) is 5.71. The maximum Gasteiger partial charge on any atom is 0.246 e. The molecule has 24 heavy (non-hydrogen) atoms. The van der Waals surface area contributed by atoms with Gasteiger partial charge in [-0.3, -0.25) is 4.79 Å². The lowest BCUT2D eigenvalue weighted by Crippen LogP contribution is -2.48. The minimum absolute atomic E-state index is 0.0310. The van der Waals surface area contributed by atoms with Crippen LogP contribution in [0.4, 0.5) is 5.82 Å². The number of aromatic nitrogens is 2. The summed E-state index contributed by atoms with van der Waals surface area (Å²) in [6.07, 6.45) is 5.02. The molecule has 3 rings (SSSR count). The van der Waals surface area contributed by atoms with Crippen LogP contribution in [-0.4, -0.2) is 47.0 Å². The molecule has 0 spiro atoms. The summed E-state index contributed by atoms with van der Waals surface area (Å²) in [4.78, 5) is 24.8. The topological polar surface area (TPSA) is 49.3 Å². The van der Waals surface area contributed by atoms with Crippen LogP contribution in [0.15, 0.2) is 42.7 Å². The first-order chi connectivity index (χ1) is 11.6. The second-order valence-corrected chi connectivity index (χ2v) is 6.15. The van der Waals surface area contributed by atoms with E-state index in [0.29, 0.717) is 18.1 Å². The highest BCUT2D eigenvalue weighted by atomic mass is 35.5. The van der Waals surface area contributed by atoms with Crippen molar-refractivity contribution >= 4 is 29.4 Å². The van der Waals surface area contributed by atoms with Crippen molar-refractivity contribution < 1.29 is 4.79 Å². The molecule has 1 aromatic carbocycles. The van der Waals surface area contributed by atoms with E-state index in [9.17, 15) is 4.79 Å². The van der Waals surface area contributed by atoms with Crippen LogP contribution in [0.2, 0.25) is 5.02 Å². The highest BCUT2D eigenvalue weighted by Gasteiger charge is 2.20. The number of amides is 1. The Morgan fingerprint density at radius 3 is 2.50 bits per heavy atom. The molecule has 0 N–H and O–H groups in total. The van der Waals surface area contributed by atoms with E-state index in [4.69, 9.17) is 11.6 Å². The molecular formula is C18H19ClN4O. The van der Waals surface area contributed by atoms with Gasteiger partial charge in [0, 0.05) is 49.0 Å². The zero-order valence-corrected chi connectivity index (χ0v) is 14.3. The largest absolute Gasteiger partial charge is 0.353 e. The van der Waals surface area contributed by atoms with Crippen LogP contribution >= 0.6 is 11.6 Å². The number of piperazine rings is 1. The fraction of sp³-hybridized carbons (Fsp3) is 0.278. The summed E-state index contributed by atoms with van der Waals surface area (Å²) in [5.74, 6) is 0.953. The van der Waals surface area contributed by atoms with E-state index in [1.54, 1.807) is 12.4 Å². The molecule has 0 radical (unpaired) electrons. The van der Waals surface area contributed by atoms with Gasteiger partial charge in [0.15, 0.2) is 0 Å². The molecule has 2 heterocycles. The summed E-state index contributed by atoms with van der Waals surface area (Å²) in [6, 6.07) is 9.38. The standard InChI is InChI=1S/C18H19ClN4O/c1-14-12-17(21-13-20-14)22-8-10-23(11-9-22)18(24)7-4-15-2-5-16(19)6-3-15/h2-7,12-13H,8-11H2,1H3/b7-4+. The van der Waals surface area contributed by atoms with Gasteiger partial charge in [-0.25, -0.2) is 9.97 Å². The second kappa shape index (κ2) is 7.45. The Morgan fingerprint density at radius 2 is 1.83 bits per heavy atom. The minimum atomic E-state index is 0.0310. The number of anilines is 1. The molecule has 0 unspecified atom stereocenters. The number of hydrogen-bond donors (Lipinski definition) is 0. The number of benzene rings is 1. The molecule has 1 aromatic heterocycles. The Hall–Kier alpha value is -2.40. The molecule has 124 valence electrons. The molecule has 0 aliphatic carbocycles. The van der Waals surface area contributed by atoms with E-state index in [1.807, 2.05) is 48.2 Å². The highest BCUT2D eigenvalue weighted by molar-refractivity contribution is 6.30. The van der Waals surface area contributed by atoms with Crippen molar-refractivity contribution in [2.75, 3.05) is 31.1 Å². The van der Waals surface area contributed by atoms with Gasteiger partial charge in [0.05, 0.1) is 0 Å². The maximum absolute atomic E-state index is 12.3. The van der Waals surface area contributed by atoms with Gasteiger partial charge >= 0.3 is 0 Å². The van der Waals surface area contributed by atoms with Gasteiger partial charge in [-0.1, -0.05) is 23.7 Å². The lowest BCUT2D eigenvalue weighted by Gasteiger charge is -2.34. The zero-order valence-electron chi connectivity index (χ0n) is 13.5. The number of nitrogens with zero attached hydrogens (tertiary/aromatic N) is 4. The van der Waals surface area contributed by atoms with Gasteiger partial charge < -0.3 is 9.80 Å². The van der Waals surface area contributed by atoms with E-state index >= 15 is 0 Å². The Kier molecular flexibility index (Phi) is 5.11. The average molecular weight is 343 g/mol. The average Bonchev–Trinajstić information content (AvgIpc) is 2.61. The van der Waals surface area contributed by atoms with Crippen LogP contribution in [-0.2, 0) is 4.79 Å². The molecule has 5 nitrogen and oxygen atoms in total. The third kappa shape index (κ3) is 4.11. The first-order valence-corrected chi connectivity index (χ1v) is 8.26. The molecule has 0 saturated carbocycles. The van der Waals surface area contributed by atoms with Crippen LogP contribution in [0.1, 0.15) is 11.3 Å². The van der Waals surface area contributed by atoms with Crippen LogP contribution in [0.5, 0.6) is 0 Å². The fourth-order valence-electron chi connectivity index (χ4n) is 2.62. The monoisotopic (exact) mass is 342 g/mol. The van der Waals surface area contributed by atoms with Crippen molar-refractivity contribution in [2.45, 2.75) is 6.92 Å². The summed E-state index contributed by atoms with van der Waals surface area (Å²) < 4.78 is 0. The number of rotatable bonds is 3. The molecule has 6 heteroatoms. The lowest BCUT2D eigenvalue weighted by atomic mass is 10.2. The predicted molar refractivity (Wildman–Crippen MR) is 96.0 cm³/mol. The smallest absolute Gasteiger partial charge is 0.246 e. The zero-order chi connectivity index (χ0) is 16.9. The molecule has 1 amide bonds. The van der Waals surface area contributed by atoms with Crippen LogP contribution in [0.25, 0.3) is 6.08 Å². The molecule has 2 aromatic rings. The summed E-state index contributed by atoms with van der Waals surface area (Å²) in [5, 5.41) is 0.689. The molecule has 1 fully saturated rings. The van der Waals surface area contributed by atoms with Crippen molar-refractivity contribution in [2.24, 2.45) is 0 Å². The van der Waals surface area contributed by atoms with E-state index in [1.165, 1.54) is 0 Å². The van der Waals surface area contributed by atoms with Gasteiger partial charge in [-0.15, -0.1) is 0 Å². The lowest BCUT2D eigenvalue weighted by molar-refractivity contribution is -0.126. The number of carbonyl (C=O) groups excluding carboxylic acids is 1. The summed E-state index contributed by atoms with van der Waals surface area (Å²) >= 11 is 5.86. The quantitative estimate of drug-likeness (QED) is 0.805. The van der Waals surface area contributed by atoms with E-state index in [0.717, 1.165) is 30.2 Å². The minimum Gasteiger partial charge on any atom is -0.353 e. The summed E-state index contributed by atoms with van der Waals surface area (Å²) in [5.41, 5.74) is 1.91. The highest BCUT2D eigenvalue weighted by Crippen LogP contribution is 2.14. The normalized spacial score (nSPS) is 15.1. The first kappa shape index (κ1) is 16.5. The van der Waals surface area contributed by atoms with E-state index in [2.05, 4.69) is 14.9 Å². The van der Waals surface area contributed by atoms with E-state index < -0.39 is 0 Å². The number of carbonyl (C=O) groups is 1. The maximum atomic E-state index is 12.3. The van der Waals surface area contributed by atoms with Crippen molar-refractivity contribution in [3.05, 3.63) is 59.0 Å². The third-order valence-corrected chi connectivity index (χ3v) is 4.25. The number of aryl methyl sites for hydroxylation is 1. The van der Waals surface area contributed by atoms with Gasteiger partial charge in [0.1, 0.15) is 12.1 Å². The van der Waals surface area contributed by atoms with Crippen molar-refractivity contribution in [1.82, 2.24) is 14.9 Å². The van der Waals surface area contributed by atoms with Gasteiger partial charge in [-0.2, -0.15) is 0 Å². The van der Waals surface area contributed by atoms with Gasteiger partial charge in [-0.05, 0) is 30.7 Å². The van der Waals surface area contributed by atoms with Crippen molar-refractivity contribution in [3.8, 4) is 0 Å². The molecule has 0 atom stereocenters. The van der Waals surface area contributed by atoms with Gasteiger partial charge in [0.25, 0.3) is 0 Å². The molecule has 1 aliphatic rings. The Bertz CT molecular complexity index is 737. The summed E-state index contributed by atoms with van der Waals surface area (Å²) in [7, 11) is 0. The van der Waals surface area contributed by atoms with Crippen LogP contribution in [0, 0.1) is 6.92 Å². The molecule has 1 aliphatic heterocycles. The summed E-state index contributed by atoms with van der Waals surface area (Å²) in [6.45, 7) is 4.88. The van der Waals surface area contributed by atoms with Crippen molar-refractivity contribution in [3.63, 3.8) is 0 Å². The first-order valence-electron chi connectivity index (χ1n) is 7.88. The molecule has 0 bridgehead atoms. The Morgan fingerprint density at radius 1 is 1.12 bits per heavy atom. The van der Waals surface area contributed by atoms with Crippen molar-refractivity contribution in [1.29, 1.82) is 0 Å². The molecule has 1 saturated heterocycles. The predicted octanol–water partition coefficient (Wildman–Crippen LogP) is 2.80. The Balaban J connectivity index is 1.56. The fourth-order valence-corrected chi connectivity index (χ4v) is 2.74. The van der Waals surface area contributed by atoms with Crippen LogP contribution < -0.4 is 4.90 Å². The van der Waals surface area contributed by atoms with Gasteiger partial charge in [0.2, 0.25) is 5.91 Å². The third-order valence-electron chi connectivity index (χ3n) is 3.99. The number of hydrogen-bond acceptors (Lipinski definition) is 4. The van der Waals surface area contributed by atoms with E-state index in [-0.39, 0.29) is 5.91 Å². The van der Waals surface area contributed by atoms with Crippen LogP contribution in [0.3, 0.4) is 0 Å². The molecular weight excluding hydrogens is 324 g/mol. The number of halogens is 1.